The molecule has 1 fully saturated rings. The molecule has 4 rings (SSSR count). The van der Waals surface area contributed by atoms with E-state index in [9.17, 15) is 4.79 Å². The van der Waals surface area contributed by atoms with E-state index in [0.29, 0.717) is 30.6 Å². The minimum Gasteiger partial charge on any atom is -0.484 e. The van der Waals surface area contributed by atoms with Crippen LogP contribution in [0.4, 0.5) is 0 Å². The van der Waals surface area contributed by atoms with Crippen LogP contribution in [-0.2, 0) is 4.79 Å². The van der Waals surface area contributed by atoms with Gasteiger partial charge in [0.1, 0.15) is 5.75 Å². The van der Waals surface area contributed by atoms with Crippen molar-refractivity contribution in [3.63, 3.8) is 0 Å². The van der Waals surface area contributed by atoms with Crippen molar-refractivity contribution in [2.75, 3.05) is 19.7 Å². The summed E-state index contributed by atoms with van der Waals surface area (Å²) in [7, 11) is 0. The lowest BCUT2D eigenvalue weighted by Gasteiger charge is -2.30. The topological polar surface area (TPSA) is 81.4 Å². The van der Waals surface area contributed by atoms with Crippen molar-refractivity contribution < 1.29 is 13.9 Å². The quantitative estimate of drug-likeness (QED) is 0.678. The second-order valence-corrected chi connectivity index (χ2v) is 6.89. The molecule has 0 atom stereocenters. The fourth-order valence-electron chi connectivity index (χ4n) is 3.24. The molecule has 0 spiro atoms. The zero-order valence-electron chi connectivity index (χ0n) is 15.7. The van der Waals surface area contributed by atoms with Crippen LogP contribution in [0.1, 0.15) is 30.3 Å². The molecule has 1 aliphatic rings. The number of para-hydroxylation sites is 1. The Labute approximate surface area is 163 Å². The monoisotopic (exact) mass is 378 g/mol. The Morgan fingerprint density at radius 3 is 2.64 bits per heavy atom. The van der Waals surface area contributed by atoms with Gasteiger partial charge in [0.15, 0.2) is 6.61 Å². The highest BCUT2D eigenvalue weighted by Gasteiger charge is 2.27. The summed E-state index contributed by atoms with van der Waals surface area (Å²) in [5, 5.41) is 8.36. The highest BCUT2D eigenvalue weighted by atomic mass is 16.5. The summed E-state index contributed by atoms with van der Waals surface area (Å²) in [6, 6.07) is 13.2. The van der Waals surface area contributed by atoms with E-state index in [4.69, 9.17) is 9.15 Å². The molecule has 7 heteroatoms. The fraction of sp³-hybridized carbons (Fsp3) is 0.333. The Kier molecular flexibility index (Phi) is 5.32. The number of rotatable bonds is 5. The first-order valence-electron chi connectivity index (χ1n) is 9.41. The summed E-state index contributed by atoms with van der Waals surface area (Å²) < 4.78 is 11.4. The molecule has 3 heterocycles. The van der Waals surface area contributed by atoms with Gasteiger partial charge in [0.25, 0.3) is 5.91 Å². The molecule has 1 saturated heterocycles. The summed E-state index contributed by atoms with van der Waals surface area (Å²) in [6.07, 6.45) is 3.33. The molecule has 2 aromatic heterocycles. The van der Waals surface area contributed by atoms with Gasteiger partial charge in [-0.1, -0.05) is 18.2 Å². The van der Waals surface area contributed by atoms with E-state index in [1.807, 2.05) is 54.3 Å². The van der Waals surface area contributed by atoms with Crippen LogP contribution >= 0.6 is 0 Å². The average Bonchev–Trinajstić information content (AvgIpc) is 3.24. The van der Waals surface area contributed by atoms with E-state index in [1.54, 1.807) is 6.20 Å². The Hall–Kier alpha value is -3.22. The molecule has 1 aromatic carbocycles. The number of ether oxygens (including phenoxy) is 1. The highest BCUT2D eigenvalue weighted by Crippen LogP contribution is 2.29. The second-order valence-electron chi connectivity index (χ2n) is 6.89. The molecule has 7 nitrogen and oxygen atoms in total. The molecule has 0 aliphatic carbocycles. The van der Waals surface area contributed by atoms with Gasteiger partial charge < -0.3 is 14.1 Å². The van der Waals surface area contributed by atoms with Crippen LogP contribution in [0.3, 0.4) is 0 Å². The number of aryl methyl sites for hydroxylation is 1. The van der Waals surface area contributed by atoms with Gasteiger partial charge in [0.05, 0.1) is 5.56 Å². The Morgan fingerprint density at radius 1 is 1.14 bits per heavy atom. The maximum absolute atomic E-state index is 12.4. The van der Waals surface area contributed by atoms with Crippen LogP contribution in [0, 0.1) is 6.92 Å². The number of pyridine rings is 1. The average molecular weight is 378 g/mol. The number of hydrogen-bond donors (Lipinski definition) is 0. The molecule has 3 aromatic rings. The predicted octanol–water partition coefficient (Wildman–Crippen LogP) is 3.23. The maximum Gasteiger partial charge on any atom is 0.260 e. The van der Waals surface area contributed by atoms with Crippen LogP contribution in [0.2, 0.25) is 0 Å². The van der Waals surface area contributed by atoms with Gasteiger partial charge in [-0.3, -0.25) is 9.78 Å². The molecule has 0 radical (unpaired) electrons. The third kappa shape index (κ3) is 4.19. The molecule has 1 amide bonds. The van der Waals surface area contributed by atoms with Crippen LogP contribution < -0.4 is 4.74 Å². The van der Waals surface area contributed by atoms with Gasteiger partial charge >= 0.3 is 0 Å². The molecule has 0 N–H and O–H groups in total. The number of likely N-dealkylation sites (tertiary alicyclic amines) is 1. The van der Waals surface area contributed by atoms with Gasteiger partial charge in [-0.25, -0.2) is 0 Å². The Bertz CT molecular complexity index is 916. The lowest BCUT2D eigenvalue weighted by molar-refractivity contribution is -0.134. The number of nitrogens with zero attached hydrogens (tertiary/aromatic N) is 4. The zero-order chi connectivity index (χ0) is 19.3. The summed E-state index contributed by atoms with van der Waals surface area (Å²) in [5.74, 6) is 1.98. The van der Waals surface area contributed by atoms with E-state index in [0.717, 1.165) is 24.1 Å². The molecule has 0 saturated carbocycles. The highest BCUT2D eigenvalue weighted by molar-refractivity contribution is 5.77. The number of carbonyl (C=O) groups excluding carboxylic acids is 1. The van der Waals surface area contributed by atoms with Crippen molar-refractivity contribution in [3.05, 3.63) is 60.2 Å². The SMILES string of the molecule is Cc1ccc(-c2nnc(C3CCN(C(=O)COc4ccccc4)CC3)o2)cn1. The van der Waals surface area contributed by atoms with Gasteiger partial charge in [0.2, 0.25) is 11.8 Å². The van der Waals surface area contributed by atoms with Crippen molar-refractivity contribution >= 4 is 5.91 Å². The first kappa shape index (κ1) is 18.2. The normalized spacial score (nSPS) is 14.8. The number of piperidine rings is 1. The maximum atomic E-state index is 12.4. The fourth-order valence-corrected chi connectivity index (χ4v) is 3.24. The molecule has 28 heavy (non-hydrogen) atoms. The molecular formula is C21H22N4O3. The second kappa shape index (κ2) is 8.21. The molecule has 0 bridgehead atoms. The van der Waals surface area contributed by atoms with Gasteiger partial charge in [-0.15, -0.1) is 10.2 Å². The predicted molar refractivity (Wildman–Crippen MR) is 103 cm³/mol. The van der Waals surface area contributed by atoms with Crippen LogP contribution in [0.5, 0.6) is 5.75 Å². The third-order valence-corrected chi connectivity index (χ3v) is 4.90. The summed E-state index contributed by atoms with van der Waals surface area (Å²) in [5.41, 5.74) is 1.76. The van der Waals surface area contributed by atoms with Crippen molar-refractivity contribution in [1.29, 1.82) is 0 Å². The van der Waals surface area contributed by atoms with Crippen molar-refractivity contribution in [2.45, 2.75) is 25.7 Å². The van der Waals surface area contributed by atoms with E-state index in [2.05, 4.69) is 15.2 Å². The first-order chi connectivity index (χ1) is 13.7. The number of benzene rings is 1. The Morgan fingerprint density at radius 2 is 1.93 bits per heavy atom. The van der Waals surface area contributed by atoms with Crippen LogP contribution in [0.15, 0.2) is 53.1 Å². The molecule has 0 unspecified atom stereocenters. The van der Waals surface area contributed by atoms with Gasteiger partial charge in [-0.2, -0.15) is 0 Å². The van der Waals surface area contributed by atoms with Crippen molar-refractivity contribution in [1.82, 2.24) is 20.1 Å². The van der Waals surface area contributed by atoms with Gasteiger partial charge in [-0.05, 0) is 44.0 Å². The van der Waals surface area contributed by atoms with E-state index < -0.39 is 0 Å². The lowest BCUT2D eigenvalue weighted by atomic mass is 9.97. The van der Waals surface area contributed by atoms with Crippen LogP contribution in [-0.4, -0.2) is 45.7 Å². The van der Waals surface area contributed by atoms with E-state index in [-0.39, 0.29) is 18.4 Å². The van der Waals surface area contributed by atoms with Crippen molar-refractivity contribution in [3.8, 4) is 17.2 Å². The smallest absolute Gasteiger partial charge is 0.260 e. The standard InChI is InChI=1S/C21H22N4O3/c1-15-7-8-17(13-22-15)21-24-23-20(28-21)16-9-11-25(12-10-16)19(26)14-27-18-5-3-2-4-6-18/h2-8,13,16H,9-12,14H2,1H3. The van der Waals surface area contributed by atoms with Gasteiger partial charge in [0, 0.05) is 30.9 Å². The Balaban J connectivity index is 1.30. The number of amides is 1. The summed E-state index contributed by atoms with van der Waals surface area (Å²) >= 11 is 0. The lowest BCUT2D eigenvalue weighted by Crippen LogP contribution is -2.40. The summed E-state index contributed by atoms with van der Waals surface area (Å²) in [6.45, 7) is 3.31. The molecular weight excluding hydrogens is 356 g/mol. The van der Waals surface area contributed by atoms with E-state index in [1.165, 1.54) is 0 Å². The largest absolute Gasteiger partial charge is 0.484 e. The minimum absolute atomic E-state index is 0.000694. The zero-order valence-corrected chi connectivity index (χ0v) is 15.7. The number of hydrogen-bond acceptors (Lipinski definition) is 6. The minimum atomic E-state index is -0.000694. The molecule has 144 valence electrons. The van der Waals surface area contributed by atoms with E-state index >= 15 is 0 Å². The third-order valence-electron chi connectivity index (χ3n) is 4.90. The molecule has 1 aliphatic heterocycles. The number of aromatic nitrogens is 3. The van der Waals surface area contributed by atoms with Crippen LogP contribution in [0.25, 0.3) is 11.5 Å². The first-order valence-corrected chi connectivity index (χ1v) is 9.41. The number of carbonyl (C=O) groups is 1. The summed E-state index contributed by atoms with van der Waals surface area (Å²) in [4.78, 5) is 18.5. The van der Waals surface area contributed by atoms with Crippen molar-refractivity contribution in [2.24, 2.45) is 0 Å².